The van der Waals surface area contributed by atoms with Crippen LogP contribution in [-0.4, -0.2) is 25.7 Å². The van der Waals surface area contributed by atoms with E-state index in [0.717, 1.165) is 40.9 Å². The summed E-state index contributed by atoms with van der Waals surface area (Å²) in [7, 11) is 0. The van der Waals surface area contributed by atoms with Crippen LogP contribution >= 0.6 is 15.9 Å². The molecule has 1 fully saturated rings. The van der Waals surface area contributed by atoms with Crippen molar-refractivity contribution in [1.29, 1.82) is 0 Å². The smallest absolute Gasteiger partial charge is 0.261 e. The van der Waals surface area contributed by atoms with Crippen molar-refractivity contribution < 1.29 is 5.11 Å². The minimum atomic E-state index is -0.478. The SMILES string of the molecule is O=c1c2cc(Br)c3cnccc3c2ncn1[C@H]1CCCC[C@@H]1O. The lowest BCUT2D eigenvalue weighted by atomic mass is 9.92. The number of halogens is 1. The van der Waals surface area contributed by atoms with Gasteiger partial charge >= 0.3 is 0 Å². The number of hydrogen-bond donors (Lipinski definition) is 1. The van der Waals surface area contributed by atoms with E-state index in [9.17, 15) is 9.90 Å². The third kappa shape index (κ3) is 2.37. The molecule has 0 aliphatic heterocycles. The van der Waals surface area contributed by atoms with Gasteiger partial charge in [-0.3, -0.25) is 14.3 Å². The average Bonchev–Trinajstić information content (AvgIpc) is 2.57. The van der Waals surface area contributed by atoms with Crippen molar-refractivity contribution in [1.82, 2.24) is 14.5 Å². The molecule has 1 aliphatic rings. The first-order valence-electron chi connectivity index (χ1n) is 7.78. The Labute approximate surface area is 141 Å². The zero-order chi connectivity index (χ0) is 16.0. The summed E-state index contributed by atoms with van der Waals surface area (Å²) in [6.07, 6.45) is 8.15. The van der Waals surface area contributed by atoms with Crippen molar-refractivity contribution in [3.63, 3.8) is 0 Å². The molecule has 1 aromatic carbocycles. The molecule has 2 aromatic heterocycles. The molecule has 6 heteroatoms. The van der Waals surface area contributed by atoms with Gasteiger partial charge in [0, 0.05) is 27.6 Å². The normalized spacial score (nSPS) is 21.8. The molecule has 1 aliphatic carbocycles. The largest absolute Gasteiger partial charge is 0.391 e. The summed E-state index contributed by atoms with van der Waals surface area (Å²) in [6, 6.07) is 3.50. The van der Waals surface area contributed by atoms with Crippen molar-refractivity contribution in [2.75, 3.05) is 0 Å². The lowest BCUT2D eigenvalue weighted by molar-refractivity contribution is 0.0735. The van der Waals surface area contributed by atoms with Gasteiger partial charge in [0.25, 0.3) is 5.56 Å². The molecule has 0 spiro atoms. The van der Waals surface area contributed by atoms with Crippen LogP contribution in [0.15, 0.2) is 40.1 Å². The van der Waals surface area contributed by atoms with Crippen molar-refractivity contribution in [2.24, 2.45) is 0 Å². The molecule has 5 nitrogen and oxygen atoms in total. The van der Waals surface area contributed by atoms with Crippen LogP contribution in [0.5, 0.6) is 0 Å². The van der Waals surface area contributed by atoms with E-state index in [1.165, 1.54) is 0 Å². The second-order valence-electron chi connectivity index (χ2n) is 6.05. The van der Waals surface area contributed by atoms with Gasteiger partial charge in [0.2, 0.25) is 0 Å². The zero-order valence-electron chi connectivity index (χ0n) is 12.4. The second-order valence-corrected chi connectivity index (χ2v) is 6.91. The Bertz CT molecular complexity index is 954. The van der Waals surface area contributed by atoms with Crippen molar-refractivity contribution in [3.05, 3.63) is 45.7 Å². The number of aromatic nitrogens is 3. The number of hydrogen-bond acceptors (Lipinski definition) is 4. The number of aliphatic hydroxyl groups excluding tert-OH is 1. The molecule has 23 heavy (non-hydrogen) atoms. The van der Waals surface area contributed by atoms with Gasteiger partial charge in [0.1, 0.15) is 0 Å². The summed E-state index contributed by atoms with van der Waals surface area (Å²) in [5, 5.41) is 12.6. The fraction of sp³-hybridized carbons (Fsp3) is 0.353. The predicted octanol–water partition coefficient (Wildman–Crippen LogP) is 3.18. The summed E-state index contributed by atoms with van der Waals surface area (Å²) in [4.78, 5) is 21.6. The van der Waals surface area contributed by atoms with Crippen molar-refractivity contribution >= 4 is 37.6 Å². The minimum Gasteiger partial charge on any atom is -0.391 e. The molecule has 2 atom stereocenters. The Morgan fingerprint density at radius 1 is 1.22 bits per heavy atom. The monoisotopic (exact) mass is 373 g/mol. The fourth-order valence-electron chi connectivity index (χ4n) is 3.48. The van der Waals surface area contributed by atoms with Gasteiger partial charge in [0.05, 0.1) is 29.4 Å². The predicted molar refractivity (Wildman–Crippen MR) is 92.5 cm³/mol. The highest BCUT2D eigenvalue weighted by Gasteiger charge is 2.26. The van der Waals surface area contributed by atoms with E-state index in [1.54, 1.807) is 29.4 Å². The topological polar surface area (TPSA) is 68.0 Å². The molecular formula is C17H16BrN3O2. The van der Waals surface area contributed by atoms with Crippen LogP contribution in [0.2, 0.25) is 0 Å². The maximum absolute atomic E-state index is 12.9. The molecule has 3 aromatic rings. The Balaban J connectivity index is 1.98. The first-order valence-corrected chi connectivity index (χ1v) is 8.57. The Morgan fingerprint density at radius 3 is 2.87 bits per heavy atom. The van der Waals surface area contributed by atoms with Gasteiger partial charge in [-0.25, -0.2) is 4.98 Å². The summed E-state index contributed by atoms with van der Waals surface area (Å²) in [5.74, 6) is 0. The maximum atomic E-state index is 12.9. The number of aliphatic hydroxyl groups is 1. The number of pyridine rings is 1. The lowest BCUT2D eigenvalue weighted by Crippen LogP contribution is -2.34. The highest BCUT2D eigenvalue weighted by atomic mass is 79.9. The molecule has 0 radical (unpaired) electrons. The quantitative estimate of drug-likeness (QED) is 0.665. The number of nitrogens with zero attached hydrogens (tertiary/aromatic N) is 3. The van der Waals surface area contributed by atoms with Crippen LogP contribution < -0.4 is 5.56 Å². The van der Waals surface area contributed by atoms with Crippen LogP contribution in [-0.2, 0) is 0 Å². The molecule has 118 valence electrons. The van der Waals surface area contributed by atoms with E-state index < -0.39 is 6.10 Å². The van der Waals surface area contributed by atoms with Gasteiger partial charge in [-0.05, 0) is 25.0 Å². The van der Waals surface area contributed by atoms with Gasteiger partial charge in [-0.2, -0.15) is 0 Å². The number of benzene rings is 1. The summed E-state index contributed by atoms with van der Waals surface area (Å²) < 4.78 is 2.43. The second kappa shape index (κ2) is 5.69. The highest BCUT2D eigenvalue weighted by Crippen LogP contribution is 2.31. The van der Waals surface area contributed by atoms with Crippen LogP contribution in [0, 0.1) is 0 Å². The Kier molecular flexibility index (Phi) is 3.66. The van der Waals surface area contributed by atoms with Crippen molar-refractivity contribution in [3.8, 4) is 0 Å². The fourth-order valence-corrected chi connectivity index (χ4v) is 4.02. The van der Waals surface area contributed by atoms with Crippen LogP contribution in [0.1, 0.15) is 31.7 Å². The van der Waals surface area contributed by atoms with E-state index in [4.69, 9.17) is 0 Å². The third-order valence-corrected chi connectivity index (χ3v) is 5.34. The van der Waals surface area contributed by atoms with Gasteiger partial charge < -0.3 is 5.11 Å². The Morgan fingerprint density at radius 2 is 2.04 bits per heavy atom. The summed E-state index contributed by atoms with van der Waals surface area (Å²) >= 11 is 3.52. The molecule has 1 saturated carbocycles. The summed E-state index contributed by atoms with van der Waals surface area (Å²) in [6.45, 7) is 0. The first-order chi connectivity index (χ1) is 11.2. The van der Waals surface area contributed by atoms with E-state index in [0.29, 0.717) is 10.9 Å². The number of fused-ring (bicyclic) bond motifs is 3. The number of rotatable bonds is 1. The minimum absolute atomic E-state index is 0.0969. The van der Waals surface area contributed by atoms with Crippen molar-refractivity contribution in [2.45, 2.75) is 37.8 Å². The average molecular weight is 374 g/mol. The standard InChI is InChI=1S/C17H16BrN3O2/c18-13-7-11-16(10-5-6-19-8-12(10)13)20-9-21(17(11)23)14-3-1-2-4-15(14)22/h5-9,14-15,22H,1-4H2/t14-,15-/m0/s1. The van der Waals surface area contributed by atoms with E-state index >= 15 is 0 Å². The third-order valence-electron chi connectivity index (χ3n) is 4.69. The zero-order valence-corrected chi connectivity index (χ0v) is 14.0. The summed E-state index contributed by atoms with van der Waals surface area (Å²) in [5.41, 5.74) is 0.581. The highest BCUT2D eigenvalue weighted by molar-refractivity contribution is 9.10. The molecule has 2 heterocycles. The van der Waals surface area contributed by atoms with Crippen LogP contribution in [0.3, 0.4) is 0 Å². The van der Waals surface area contributed by atoms with E-state index in [-0.39, 0.29) is 11.6 Å². The first kappa shape index (κ1) is 14.8. The van der Waals surface area contributed by atoms with E-state index in [2.05, 4.69) is 25.9 Å². The van der Waals surface area contributed by atoms with E-state index in [1.807, 2.05) is 6.07 Å². The molecule has 0 amide bonds. The van der Waals surface area contributed by atoms with Gasteiger partial charge in [-0.1, -0.05) is 28.8 Å². The van der Waals surface area contributed by atoms with Crippen LogP contribution in [0.25, 0.3) is 21.7 Å². The maximum Gasteiger partial charge on any atom is 0.261 e. The molecule has 1 N–H and O–H groups in total. The van der Waals surface area contributed by atoms with Gasteiger partial charge in [0.15, 0.2) is 0 Å². The lowest BCUT2D eigenvalue weighted by Gasteiger charge is -2.29. The molecule has 0 saturated heterocycles. The Hall–Kier alpha value is -1.79. The molecule has 0 unspecified atom stereocenters. The molecular weight excluding hydrogens is 358 g/mol. The molecule has 0 bridgehead atoms. The van der Waals surface area contributed by atoms with Gasteiger partial charge in [-0.15, -0.1) is 0 Å². The van der Waals surface area contributed by atoms with Crippen LogP contribution in [0.4, 0.5) is 0 Å². The molecule has 4 rings (SSSR count).